The Bertz CT molecular complexity index is 1160. The number of aliphatic hydroxyl groups excluding tert-OH is 7. The van der Waals surface area contributed by atoms with Crippen molar-refractivity contribution in [1.82, 2.24) is 0 Å². The normalized spacial score (nSPS) is 29.4. The second-order valence-corrected chi connectivity index (χ2v) is 14.1. The second kappa shape index (κ2) is 30.7. The monoisotopic (exact) mass is 798 g/mol. The molecule has 2 aliphatic rings. The van der Waals surface area contributed by atoms with E-state index in [0.717, 1.165) is 70.6 Å². The van der Waals surface area contributed by atoms with Crippen molar-refractivity contribution in [2.24, 2.45) is 0 Å². The standard InChI is InChI=1S/C42H70O14/c1-3-5-7-9-10-11-12-13-14-15-16-17-18-19-20-21-22-24-26-51-28-31(54-34(44)25-23-8-6-4-2)29-52-41-40(50)38(48)36(46)33(56-41)30-53-42-39(49)37(47)35(45)32(27-43)55-42/h5,7,10-11,13-14,16-17,19-20,31-33,35-43,45-50H,3-4,6,8-9,12,15,18,21-30H2,1-2H3/b7-5-,11-10-,14-13-,17-16-,20-19-. The summed E-state index contributed by atoms with van der Waals surface area (Å²) < 4.78 is 33.7. The minimum atomic E-state index is -1.71. The van der Waals surface area contributed by atoms with Gasteiger partial charge in [0.2, 0.25) is 0 Å². The maximum atomic E-state index is 12.6. The smallest absolute Gasteiger partial charge is 0.306 e. The number of ether oxygens (including phenoxy) is 6. The SMILES string of the molecule is CC/C=C\C/C=C\C/C=C\C/C=C\C/C=C\CCCCOCC(COC1OC(COC2OC(CO)C(O)C(O)C2O)C(O)C(O)C1O)OC(=O)CCCCCC. The van der Waals surface area contributed by atoms with Crippen LogP contribution in [0.4, 0.5) is 0 Å². The van der Waals surface area contributed by atoms with E-state index >= 15 is 0 Å². The lowest BCUT2D eigenvalue weighted by Gasteiger charge is -2.42. The third kappa shape index (κ3) is 19.9. The van der Waals surface area contributed by atoms with Gasteiger partial charge in [-0.15, -0.1) is 0 Å². The van der Waals surface area contributed by atoms with Crippen molar-refractivity contribution in [3.8, 4) is 0 Å². The third-order valence-corrected chi connectivity index (χ3v) is 9.29. The Labute approximate surface area is 333 Å². The van der Waals surface area contributed by atoms with Crippen LogP contribution in [0.2, 0.25) is 0 Å². The zero-order chi connectivity index (χ0) is 41.0. The molecule has 0 spiro atoms. The molecule has 0 aromatic heterocycles. The molecular formula is C42H70O14. The topological polar surface area (TPSA) is 214 Å². The van der Waals surface area contributed by atoms with Gasteiger partial charge in [-0.3, -0.25) is 4.79 Å². The van der Waals surface area contributed by atoms with Gasteiger partial charge < -0.3 is 64.2 Å². The van der Waals surface area contributed by atoms with Crippen LogP contribution in [-0.2, 0) is 33.2 Å². The largest absolute Gasteiger partial charge is 0.457 e. The van der Waals surface area contributed by atoms with Gasteiger partial charge in [0.05, 0.1) is 26.4 Å². The van der Waals surface area contributed by atoms with Crippen molar-refractivity contribution in [2.75, 3.05) is 33.0 Å². The summed E-state index contributed by atoms with van der Waals surface area (Å²) in [6, 6.07) is 0. The number of carbonyl (C=O) groups excluding carboxylic acids is 1. The number of esters is 1. The molecule has 0 radical (unpaired) electrons. The number of rotatable bonds is 29. The van der Waals surface area contributed by atoms with Crippen molar-refractivity contribution in [2.45, 2.75) is 165 Å². The number of carbonyl (C=O) groups is 1. The summed E-state index contributed by atoms with van der Waals surface area (Å²) in [5, 5.41) is 71.4. The lowest BCUT2D eigenvalue weighted by molar-refractivity contribution is -0.332. The molecule has 0 aliphatic carbocycles. The fourth-order valence-electron chi connectivity index (χ4n) is 5.90. The van der Waals surface area contributed by atoms with Gasteiger partial charge in [-0.25, -0.2) is 0 Å². The minimum absolute atomic E-state index is 0.0278. The maximum Gasteiger partial charge on any atom is 0.306 e. The molecule has 2 rings (SSSR count). The van der Waals surface area contributed by atoms with Gasteiger partial charge in [0, 0.05) is 13.0 Å². The maximum absolute atomic E-state index is 12.6. The Kier molecular flexibility index (Phi) is 27.3. The van der Waals surface area contributed by atoms with E-state index in [-0.39, 0.29) is 19.6 Å². The molecule has 11 unspecified atom stereocenters. The van der Waals surface area contributed by atoms with Gasteiger partial charge in [-0.05, 0) is 57.8 Å². The van der Waals surface area contributed by atoms with E-state index in [0.29, 0.717) is 13.0 Å². The predicted octanol–water partition coefficient (Wildman–Crippen LogP) is 3.45. The summed E-state index contributed by atoms with van der Waals surface area (Å²) in [7, 11) is 0. The lowest BCUT2D eigenvalue weighted by Crippen LogP contribution is -2.61. The van der Waals surface area contributed by atoms with Crippen LogP contribution in [0.25, 0.3) is 0 Å². The van der Waals surface area contributed by atoms with Gasteiger partial charge in [0.1, 0.15) is 54.9 Å². The molecule has 2 aliphatic heterocycles. The summed E-state index contributed by atoms with van der Waals surface area (Å²) in [5.74, 6) is -0.414. The highest BCUT2D eigenvalue weighted by Crippen LogP contribution is 2.26. The molecule has 0 amide bonds. The fraction of sp³-hybridized carbons (Fsp3) is 0.738. The summed E-state index contributed by atoms with van der Waals surface area (Å²) in [4.78, 5) is 12.6. The number of allylic oxidation sites excluding steroid dienone is 10. The zero-order valence-corrected chi connectivity index (χ0v) is 33.3. The predicted molar refractivity (Wildman–Crippen MR) is 210 cm³/mol. The van der Waals surface area contributed by atoms with Crippen LogP contribution in [-0.4, -0.2) is 142 Å². The highest BCUT2D eigenvalue weighted by Gasteiger charge is 2.47. The first-order valence-electron chi connectivity index (χ1n) is 20.4. The van der Waals surface area contributed by atoms with Crippen molar-refractivity contribution < 1.29 is 69.0 Å². The van der Waals surface area contributed by atoms with Crippen LogP contribution in [0.3, 0.4) is 0 Å². The summed E-state index contributed by atoms with van der Waals surface area (Å²) in [6.07, 6.45) is 16.6. The van der Waals surface area contributed by atoms with E-state index in [1.165, 1.54) is 0 Å². The number of hydrogen-bond donors (Lipinski definition) is 7. The molecule has 56 heavy (non-hydrogen) atoms. The Balaban J connectivity index is 1.78. The molecule has 0 saturated carbocycles. The van der Waals surface area contributed by atoms with E-state index in [1.54, 1.807) is 0 Å². The van der Waals surface area contributed by atoms with Crippen LogP contribution in [0.15, 0.2) is 60.8 Å². The van der Waals surface area contributed by atoms with Gasteiger partial charge in [0.15, 0.2) is 12.6 Å². The molecule has 7 N–H and O–H groups in total. The first kappa shape index (κ1) is 49.8. The van der Waals surface area contributed by atoms with E-state index in [4.69, 9.17) is 28.4 Å². The van der Waals surface area contributed by atoms with E-state index in [9.17, 15) is 40.5 Å². The molecule has 322 valence electrons. The molecular weight excluding hydrogens is 728 g/mol. The van der Waals surface area contributed by atoms with Crippen LogP contribution >= 0.6 is 0 Å². The van der Waals surface area contributed by atoms with Crippen LogP contribution in [0, 0.1) is 0 Å². The van der Waals surface area contributed by atoms with Gasteiger partial charge in [-0.1, -0.05) is 93.9 Å². The Morgan fingerprint density at radius 3 is 1.75 bits per heavy atom. The van der Waals surface area contributed by atoms with Crippen molar-refractivity contribution in [3.05, 3.63) is 60.8 Å². The first-order valence-corrected chi connectivity index (χ1v) is 20.4. The molecule has 2 heterocycles. The number of hydrogen-bond acceptors (Lipinski definition) is 14. The van der Waals surface area contributed by atoms with Gasteiger partial charge in [0.25, 0.3) is 0 Å². The van der Waals surface area contributed by atoms with E-state index in [1.807, 2.05) is 0 Å². The highest BCUT2D eigenvalue weighted by atomic mass is 16.7. The Morgan fingerprint density at radius 1 is 0.607 bits per heavy atom. The third-order valence-electron chi connectivity index (χ3n) is 9.29. The second-order valence-electron chi connectivity index (χ2n) is 14.1. The summed E-state index contributed by atoms with van der Waals surface area (Å²) in [5.41, 5.74) is 0. The average molecular weight is 799 g/mol. The lowest BCUT2D eigenvalue weighted by atomic mass is 9.98. The molecule has 0 aromatic carbocycles. The number of unbranched alkanes of at least 4 members (excludes halogenated alkanes) is 5. The van der Waals surface area contributed by atoms with Crippen LogP contribution in [0.5, 0.6) is 0 Å². The summed E-state index contributed by atoms with van der Waals surface area (Å²) >= 11 is 0. The molecule has 2 fully saturated rings. The molecule has 14 nitrogen and oxygen atoms in total. The molecule has 0 aromatic rings. The van der Waals surface area contributed by atoms with Crippen molar-refractivity contribution in [3.63, 3.8) is 0 Å². The zero-order valence-electron chi connectivity index (χ0n) is 33.3. The molecule has 2 saturated heterocycles. The van der Waals surface area contributed by atoms with Crippen LogP contribution in [0.1, 0.15) is 97.3 Å². The van der Waals surface area contributed by atoms with E-state index < -0.39 is 86.7 Å². The quantitative estimate of drug-likeness (QED) is 0.0328. The number of aliphatic hydroxyl groups is 7. The Morgan fingerprint density at radius 2 is 1.16 bits per heavy atom. The van der Waals surface area contributed by atoms with E-state index in [2.05, 4.69) is 74.6 Å². The van der Waals surface area contributed by atoms with Gasteiger partial charge in [-0.2, -0.15) is 0 Å². The van der Waals surface area contributed by atoms with Gasteiger partial charge >= 0.3 is 5.97 Å². The average Bonchev–Trinajstić information content (AvgIpc) is 3.19. The fourth-order valence-corrected chi connectivity index (χ4v) is 5.90. The van der Waals surface area contributed by atoms with Crippen molar-refractivity contribution >= 4 is 5.97 Å². The molecule has 14 heteroatoms. The molecule has 0 bridgehead atoms. The first-order chi connectivity index (χ1) is 27.1. The molecule has 11 atom stereocenters. The van der Waals surface area contributed by atoms with Crippen LogP contribution < -0.4 is 0 Å². The highest BCUT2D eigenvalue weighted by molar-refractivity contribution is 5.69. The minimum Gasteiger partial charge on any atom is -0.457 e. The van der Waals surface area contributed by atoms with Crippen molar-refractivity contribution in [1.29, 1.82) is 0 Å². The summed E-state index contributed by atoms with van der Waals surface area (Å²) in [6.45, 7) is 3.27. The Hall–Kier alpha value is -2.31.